The Bertz CT molecular complexity index is 663. The molecule has 0 saturated carbocycles. The van der Waals surface area contributed by atoms with Crippen LogP contribution in [0.15, 0.2) is 30.3 Å². The summed E-state index contributed by atoms with van der Waals surface area (Å²) in [5.74, 6) is 0.256. The van der Waals surface area contributed by atoms with Crippen LogP contribution in [-0.4, -0.2) is 60.5 Å². The summed E-state index contributed by atoms with van der Waals surface area (Å²) < 4.78 is 5.32. The number of carbonyl (C=O) groups excluding carboxylic acids is 2. The number of hydrogen-bond donors (Lipinski definition) is 0. The third-order valence-corrected chi connectivity index (χ3v) is 6.30. The molecule has 1 atom stereocenters. The quantitative estimate of drug-likeness (QED) is 0.831. The highest BCUT2D eigenvalue weighted by molar-refractivity contribution is 5.87. The van der Waals surface area contributed by atoms with Crippen molar-refractivity contribution in [1.29, 1.82) is 0 Å². The second-order valence-corrected chi connectivity index (χ2v) is 8.25. The van der Waals surface area contributed by atoms with Crippen LogP contribution in [0.2, 0.25) is 0 Å². The molecule has 0 radical (unpaired) electrons. The van der Waals surface area contributed by atoms with Crippen molar-refractivity contribution in [2.75, 3.05) is 27.2 Å². The number of ether oxygens (including phenoxy) is 1. The lowest BCUT2D eigenvalue weighted by atomic mass is 9.75. The maximum absolute atomic E-state index is 13.0. The van der Waals surface area contributed by atoms with Crippen LogP contribution >= 0.6 is 0 Å². The molecule has 5 heteroatoms. The standard InChI is InChI=1S/C21H30N2O3/c1-20(2,26-4)18(24)23-12-10-21(11-13-23)15-17(22(3)19(21)25)14-16-8-6-5-7-9-16/h5-9,17H,10-15H2,1-4H3. The van der Waals surface area contributed by atoms with Crippen LogP contribution in [0.4, 0.5) is 0 Å². The van der Waals surface area contributed by atoms with Gasteiger partial charge in [0.2, 0.25) is 5.91 Å². The van der Waals surface area contributed by atoms with Crippen molar-refractivity contribution in [3.05, 3.63) is 35.9 Å². The number of methoxy groups -OCH3 is 1. The summed E-state index contributed by atoms with van der Waals surface area (Å²) in [6, 6.07) is 10.6. The first kappa shape index (κ1) is 18.9. The second-order valence-electron chi connectivity index (χ2n) is 8.25. The van der Waals surface area contributed by atoms with E-state index >= 15 is 0 Å². The van der Waals surface area contributed by atoms with E-state index in [0.717, 1.165) is 25.7 Å². The Balaban J connectivity index is 1.66. The summed E-state index contributed by atoms with van der Waals surface area (Å²) in [4.78, 5) is 29.4. The average molecular weight is 358 g/mol. The van der Waals surface area contributed by atoms with Crippen LogP contribution in [0.1, 0.15) is 38.7 Å². The smallest absolute Gasteiger partial charge is 0.254 e. The van der Waals surface area contributed by atoms with E-state index in [1.807, 2.05) is 35.0 Å². The first-order chi connectivity index (χ1) is 12.3. The van der Waals surface area contributed by atoms with Gasteiger partial charge >= 0.3 is 0 Å². The molecule has 0 aliphatic carbocycles. The van der Waals surface area contributed by atoms with Gasteiger partial charge in [0, 0.05) is 33.3 Å². The Hall–Kier alpha value is -1.88. The average Bonchev–Trinajstić information content (AvgIpc) is 2.87. The predicted octanol–water partition coefficient (Wildman–Crippen LogP) is 2.49. The number of piperidine rings is 1. The van der Waals surface area contributed by atoms with Crippen LogP contribution in [0.25, 0.3) is 0 Å². The lowest BCUT2D eigenvalue weighted by Crippen LogP contribution is -2.52. The Morgan fingerprint density at radius 3 is 2.42 bits per heavy atom. The highest BCUT2D eigenvalue weighted by Gasteiger charge is 2.52. The number of carbonyl (C=O) groups is 2. The van der Waals surface area contributed by atoms with E-state index < -0.39 is 5.60 Å². The predicted molar refractivity (Wildman–Crippen MR) is 101 cm³/mol. The van der Waals surface area contributed by atoms with E-state index in [-0.39, 0.29) is 23.3 Å². The van der Waals surface area contributed by atoms with Gasteiger partial charge in [-0.05, 0) is 45.1 Å². The van der Waals surface area contributed by atoms with E-state index in [9.17, 15) is 9.59 Å². The number of benzene rings is 1. The molecule has 2 fully saturated rings. The van der Waals surface area contributed by atoms with Gasteiger partial charge < -0.3 is 14.5 Å². The maximum atomic E-state index is 13.0. The number of hydrogen-bond acceptors (Lipinski definition) is 3. The fourth-order valence-electron chi connectivity index (χ4n) is 4.33. The SMILES string of the molecule is COC(C)(C)C(=O)N1CCC2(CC1)CC(Cc1ccccc1)N(C)C2=O. The van der Waals surface area contributed by atoms with E-state index in [0.29, 0.717) is 13.1 Å². The van der Waals surface area contributed by atoms with E-state index in [2.05, 4.69) is 12.1 Å². The molecule has 0 aromatic heterocycles. The highest BCUT2D eigenvalue weighted by Crippen LogP contribution is 2.45. The molecule has 5 nitrogen and oxygen atoms in total. The molecule has 0 N–H and O–H groups in total. The number of nitrogens with zero attached hydrogens (tertiary/aromatic N) is 2. The summed E-state index contributed by atoms with van der Waals surface area (Å²) in [7, 11) is 3.49. The fraction of sp³-hybridized carbons (Fsp3) is 0.619. The van der Waals surface area contributed by atoms with Crippen LogP contribution in [0.5, 0.6) is 0 Å². The molecule has 142 valence electrons. The molecule has 2 aliphatic heterocycles. The van der Waals surface area contributed by atoms with Crippen molar-refractivity contribution < 1.29 is 14.3 Å². The zero-order valence-electron chi connectivity index (χ0n) is 16.3. The minimum absolute atomic E-state index is 0.00878. The maximum Gasteiger partial charge on any atom is 0.254 e. The van der Waals surface area contributed by atoms with Crippen LogP contribution in [-0.2, 0) is 20.7 Å². The van der Waals surface area contributed by atoms with Gasteiger partial charge in [-0.2, -0.15) is 0 Å². The summed E-state index contributed by atoms with van der Waals surface area (Å²) in [6.07, 6.45) is 3.26. The Morgan fingerprint density at radius 2 is 1.85 bits per heavy atom. The molecule has 2 amide bonds. The van der Waals surface area contributed by atoms with Crippen LogP contribution in [0.3, 0.4) is 0 Å². The molecular weight excluding hydrogens is 328 g/mol. The minimum atomic E-state index is -0.809. The third-order valence-electron chi connectivity index (χ3n) is 6.30. The fourth-order valence-corrected chi connectivity index (χ4v) is 4.33. The number of amides is 2. The molecule has 2 saturated heterocycles. The van der Waals surface area contributed by atoms with Gasteiger partial charge in [0.25, 0.3) is 5.91 Å². The Kier molecular flexibility index (Phi) is 5.11. The van der Waals surface area contributed by atoms with Gasteiger partial charge in [0.05, 0.1) is 5.41 Å². The number of rotatable bonds is 4. The van der Waals surface area contributed by atoms with Gasteiger partial charge in [0.15, 0.2) is 0 Å². The lowest BCUT2D eigenvalue weighted by molar-refractivity contribution is -0.155. The molecule has 1 unspecified atom stereocenters. The van der Waals surface area contributed by atoms with Crippen molar-refractivity contribution in [3.63, 3.8) is 0 Å². The molecule has 1 aromatic rings. The van der Waals surface area contributed by atoms with Crippen molar-refractivity contribution in [3.8, 4) is 0 Å². The zero-order valence-corrected chi connectivity index (χ0v) is 16.3. The number of likely N-dealkylation sites (tertiary alicyclic amines) is 2. The topological polar surface area (TPSA) is 49.9 Å². The van der Waals surface area contributed by atoms with E-state index in [1.165, 1.54) is 5.56 Å². The van der Waals surface area contributed by atoms with E-state index in [4.69, 9.17) is 4.74 Å². The Labute approximate surface area is 156 Å². The molecule has 2 heterocycles. The van der Waals surface area contributed by atoms with Gasteiger partial charge in [-0.25, -0.2) is 0 Å². The molecule has 0 bridgehead atoms. The lowest BCUT2D eigenvalue weighted by Gasteiger charge is -2.40. The normalized spacial score (nSPS) is 22.9. The summed E-state index contributed by atoms with van der Waals surface area (Å²) in [5, 5.41) is 0. The molecular formula is C21H30N2O3. The largest absolute Gasteiger partial charge is 0.369 e. The summed E-state index contributed by atoms with van der Waals surface area (Å²) in [5.41, 5.74) is 0.155. The molecule has 1 aromatic carbocycles. The summed E-state index contributed by atoms with van der Waals surface area (Å²) in [6.45, 7) is 4.85. The van der Waals surface area contributed by atoms with Crippen molar-refractivity contribution in [1.82, 2.24) is 9.80 Å². The molecule has 1 spiro atoms. The number of likely N-dealkylation sites (N-methyl/N-ethyl adjacent to an activating group) is 1. The highest BCUT2D eigenvalue weighted by atomic mass is 16.5. The molecule has 2 aliphatic rings. The Morgan fingerprint density at radius 1 is 1.23 bits per heavy atom. The molecule has 3 rings (SSSR count). The summed E-state index contributed by atoms with van der Waals surface area (Å²) >= 11 is 0. The van der Waals surface area contributed by atoms with Crippen LogP contribution < -0.4 is 0 Å². The van der Waals surface area contributed by atoms with E-state index in [1.54, 1.807) is 21.0 Å². The van der Waals surface area contributed by atoms with Gasteiger partial charge in [-0.3, -0.25) is 9.59 Å². The molecule has 26 heavy (non-hydrogen) atoms. The minimum Gasteiger partial charge on any atom is -0.369 e. The van der Waals surface area contributed by atoms with Gasteiger partial charge in [-0.1, -0.05) is 30.3 Å². The first-order valence-electron chi connectivity index (χ1n) is 9.45. The first-order valence-corrected chi connectivity index (χ1v) is 9.45. The van der Waals surface area contributed by atoms with Gasteiger partial charge in [0.1, 0.15) is 5.60 Å². The third kappa shape index (κ3) is 3.37. The monoisotopic (exact) mass is 358 g/mol. The van der Waals surface area contributed by atoms with Crippen molar-refractivity contribution in [2.24, 2.45) is 5.41 Å². The zero-order chi connectivity index (χ0) is 18.9. The van der Waals surface area contributed by atoms with Crippen molar-refractivity contribution in [2.45, 2.75) is 51.2 Å². The second kappa shape index (κ2) is 7.03. The van der Waals surface area contributed by atoms with Crippen molar-refractivity contribution >= 4 is 11.8 Å². The van der Waals surface area contributed by atoms with Gasteiger partial charge in [-0.15, -0.1) is 0 Å². The van der Waals surface area contributed by atoms with Crippen LogP contribution in [0, 0.1) is 5.41 Å².